The third kappa shape index (κ3) is 1.96. The largest absolute Gasteiger partial charge is 0.225 e. The predicted molar refractivity (Wildman–Crippen MR) is 67.4 cm³/mol. The molecule has 0 amide bonds. The Bertz CT molecular complexity index is 522. The van der Waals surface area contributed by atoms with Crippen LogP contribution >= 0.6 is 12.2 Å². The van der Waals surface area contributed by atoms with Crippen molar-refractivity contribution < 1.29 is 0 Å². The zero-order valence-corrected chi connectivity index (χ0v) is 9.29. The Morgan fingerprint density at radius 1 is 1.13 bits per heavy atom. The van der Waals surface area contributed by atoms with Crippen LogP contribution in [0, 0.1) is 0 Å². The van der Waals surface area contributed by atoms with Gasteiger partial charge < -0.3 is 0 Å². The van der Waals surface area contributed by atoms with Crippen LogP contribution in [0.3, 0.4) is 0 Å². The lowest BCUT2D eigenvalue weighted by Gasteiger charge is -2.08. The zero-order chi connectivity index (χ0) is 10.7. The molecule has 0 heterocycles. The number of fused-ring (bicyclic) bond motifs is 1. The smallest absolute Gasteiger partial charge is 0.0830 e. The van der Waals surface area contributed by atoms with E-state index in [1.165, 1.54) is 16.3 Å². The molecule has 0 aromatic heterocycles. The minimum atomic E-state index is 0.0774. The second-order valence-corrected chi connectivity index (χ2v) is 3.65. The molecule has 2 aromatic rings. The molecule has 0 aliphatic carbocycles. The highest BCUT2D eigenvalue weighted by Crippen LogP contribution is 2.25. The summed E-state index contributed by atoms with van der Waals surface area (Å²) >= 11 is 4.63. The molecule has 2 rings (SSSR count). The monoisotopic (exact) mass is 213 g/mol. The van der Waals surface area contributed by atoms with E-state index in [0.717, 1.165) is 0 Å². The van der Waals surface area contributed by atoms with Crippen molar-refractivity contribution in [2.75, 3.05) is 0 Å². The molecule has 0 aliphatic heterocycles. The summed E-state index contributed by atoms with van der Waals surface area (Å²) in [7, 11) is 0. The number of aliphatic imine (C=N–C) groups is 1. The highest BCUT2D eigenvalue weighted by molar-refractivity contribution is 7.78. The van der Waals surface area contributed by atoms with Crippen LogP contribution in [0.25, 0.3) is 10.8 Å². The van der Waals surface area contributed by atoms with Crippen molar-refractivity contribution in [2.24, 2.45) is 4.99 Å². The van der Waals surface area contributed by atoms with Crippen LogP contribution in [0.4, 0.5) is 0 Å². The van der Waals surface area contributed by atoms with Crippen LogP contribution in [0.5, 0.6) is 0 Å². The molecule has 1 nitrogen and oxygen atoms in total. The molecule has 2 aromatic carbocycles. The number of thiocarbonyl (C=S) groups is 1. The van der Waals surface area contributed by atoms with Crippen LogP contribution in [-0.2, 0) is 0 Å². The van der Waals surface area contributed by atoms with Crippen molar-refractivity contribution in [2.45, 2.75) is 13.0 Å². The number of benzene rings is 2. The van der Waals surface area contributed by atoms with Gasteiger partial charge in [0.2, 0.25) is 0 Å². The summed E-state index contributed by atoms with van der Waals surface area (Å²) in [5, 5.41) is 4.91. The molecule has 2 heteroatoms. The summed E-state index contributed by atoms with van der Waals surface area (Å²) in [5.74, 6) is 0. The van der Waals surface area contributed by atoms with Gasteiger partial charge in [0.05, 0.1) is 11.2 Å². The fourth-order valence-corrected chi connectivity index (χ4v) is 1.92. The summed E-state index contributed by atoms with van der Waals surface area (Å²) in [4.78, 5) is 4.11. The summed E-state index contributed by atoms with van der Waals surface area (Å²) < 4.78 is 0. The molecular formula is C13H11NS. The summed E-state index contributed by atoms with van der Waals surface area (Å²) in [6.07, 6.45) is 0. The number of isothiocyanates is 1. The van der Waals surface area contributed by atoms with Gasteiger partial charge in [0.15, 0.2) is 0 Å². The quantitative estimate of drug-likeness (QED) is 0.542. The van der Waals surface area contributed by atoms with Crippen molar-refractivity contribution in [1.29, 1.82) is 0 Å². The van der Waals surface area contributed by atoms with Crippen molar-refractivity contribution in [3.63, 3.8) is 0 Å². The van der Waals surface area contributed by atoms with Gasteiger partial charge >= 0.3 is 0 Å². The van der Waals surface area contributed by atoms with E-state index in [1.807, 2.05) is 25.1 Å². The maximum atomic E-state index is 4.63. The fraction of sp³-hybridized carbons (Fsp3) is 0.154. The first-order chi connectivity index (χ1) is 7.33. The lowest BCUT2D eigenvalue weighted by molar-refractivity contribution is 0.837. The van der Waals surface area contributed by atoms with Gasteiger partial charge in [-0.05, 0) is 35.5 Å². The third-order valence-electron chi connectivity index (χ3n) is 2.52. The molecule has 0 saturated carbocycles. The number of hydrogen-bond acceptors (Lipinski definition) is 2. The molecule has 0 bridgehead atoms. The SMILES string of the molecule is C[C@@H](N=C=S)c1cccc2ccccc12. The molecule has 0 saturated heterocycles. The van der Waals surface area contributed by atoms with Gasteiger partial charge in [-0.3, -0.25) is 0 Å². The first-order valence-corrected chi connectivity index (χ1v) is 5.28. The molecule has 1 atom stereocenters. The van der Waals surface area contributed by atoms with Gasteiger partial charge in [-0.25, -0.2) is 4.99 Å². The molecule has 0 N–H and O–H groups in total. The topological polar surface area (TPSA) is 12.4 Å². The van der Waals surface area contributed by atoms with Gasteiger partial charge in [-0.15, -0.1) is 0 Å². The normalized spacial score (nSPS) is 12.1. The van der Waals surface area contributed by atoms with E-state index in [-0.39, 0.29) is 6.04 Å². The van der Waals surface area contributed by atoms with E-state index in [4.69, 9.17) is 0 Å². The van der Waals surface area contributed by atoms with Crippen molar-refractivity contribution in [3.8, 4) is 0 Å². The number of nitrogens with zero attached hydrogens (tertiary/aromatic N) is 1. The van der Waals surface area contributed by atoms with Gasteiger partial charge in [0, 0.05) is 0 Å². The molecule has 15 heavy (non-hydrogen) atoms. The molecule has 0 radical (unpaired) electrons. The Morgan fingerprint density at radius 3 is 2.67 bits per heavy atom. The van der Waals surface area contributed by atoms with Crippen LogP contribution in [0.15, 0.2) is 47.5 Å². The van der Waals surface area contributed by atoms with Gasteiger partial charge in [-0.2, -0.15) is 0 Å². The second-order valence-electron chi connectivity index (χ2n) is 3.46. The number of rotatable bonds is 2. The predicted octanol–water partition coefficient (Wildman–Crippen LogP) is 4.00. The van der Waals surface area contributed by atoms with Gasteiger partial charge in [0.1, 0.15) is 0 Å². The van der Waals surface area contributed by atoms with Crippen LogP contribution in [0.1, 0.15) is 18.5 Å². The molecule has 0 spiro atoms. The van der Waals surface area contributed by atoms with Crippen molar-refractivity contribution in [3.05, 3.63) is 48.0 Å². The van der Waals surface area contributed by atoms with Gasteiger partial charge in [0.25, 0.3) is 0 Å². The van der Waals surface area contributed by atoms with Crippen LogP contribution in [0.2, 0.25) is 0 Å². The molecule has 0 aliphatic rings. The number of hydrogen-bond donors (Lipinski definition) is 0. The Balaban J connectivity index is 2.65. The Morgan fingerprint density at radius 2 is 1.87 bits per heavy atom. The minimum Gasteiger partial charge on any atom is -0.225 e. The highest BCUT2D eigenvalue weighted by atomic mass is 32.1. The first-order valence-electron chi connectivity index (χ1n) is 4.87. The Labute approximate surface area is 94.5 Å². The van der Waals surface area contributed by atoms with Crippen molar-refractivity contribution >= 4 is 28.2 Å². The lowest BCUT2D eigenvalue weighted by Crippen LogP contribution is -1.90. The Kier molecular flexibility index (Phi) is 2.91. The Hall–Kier alpha value is -1.50. The van der Waals surface area contributed by atoms with E-state index >= 15 is 0 Å². The average molecular weight is 213 g/mol. The summed E-state index contributed by atoms with van der Waals surface area (Å²) in [6, 6.07) is 14.6. The molecule has 0 unspecified atom stereocenters. The van der Waals surface area contributed by atoms with E-state index in [9.17, 15) is 0 Å². The van der Waals surface area contributed by atoms with Gasteiger partial charge in [-0.1, -0.05) is 42.5 Å². The zero-order valence-electron chi connectivity index (χ0n) is 8.47. The van der Waals surface area contributed by atoms with E-state index in [0.29, 0.717) is 0 Å². The lowest BCUT2D eigenvalue weighted by atomic mass is 10.0. The maximum absolute atomic E-state index is 4.63. The standard InChI is InChI=1S/C13H11NS/c1-10(14-9-15)12-8-4-6-11-5-2-3-7-13(11)12/h2-8,10H,1H3/t10-/m1/s1. The van der Waals surface area contributed by atoms with E-state index in [1.54, 1.807) is 0 Å². The minimum absolute atomic E-state index is 0.0774. The second kappa shape index (κ2) is 4.35. The maximum Gasteiger partial charge on any atom is 0.0830 e. The molecule has 0 fully saturated rings. The van der Waals surface area contributed by atoms with E-state index < -0.39 is 0 Å². The third-order valence-corrected chi connectivity index (χ3v) is 2.63. The molecule has 74 valence electrons. The highest BCUT2D eigenvalue weighted by Gasteiger charge is 2.06. The van der Waals surface area contributed by atoms with Crippen molar-refractivity contribution in [1.82, 2.24) is 0 Å². The summed E-state index contributed by atoms with van der Waals surface area (Å²) in [5.41, 5.74) is 1.20. The fourth-order valence-electron chi connectivity index (χ4n) is 1.76. The average Bonchev–Trinajstić information content (AvgIpc) is 2.28. The van der Waals surface area contributed by atoms with Crippen LogP contribution < -0.4 is 0 Å². The van der Waals surface area contributed by atoms with Crippen LogP contribution in [-0.4, -0.2) is 5.16 Å². The van der Waals surface area contributed by atoms with E-state index in [2.05, 4.69) is 46.6 Å². The molecular weight excluding hydrogens is 202 g/mol. The first kappa shape index (κ1) is 10.0. The summed E-state index contributed by atoms with van der Waals surface area (Å²) in [6.45, 7) is 2.03.